The van der Waals surface area contributed by atoms with E-state index in [9.17, 15) is 0 Å². The van der Waals surface area contributed by atoms with E-state index < -0.39 is 0 Å². The smallest absolute Gasteiger partial charge is 0.00369 e. The zero-order valence-corrected chi connectivity index (χ0v) is 8.35. The lowest BCUT2D eigenvalue weighted by atomic mass is 9.97. The van der Waals surface area contributed by atoms with Crippen molar-refractivity contribution in [2.45, 2.75) is 20.3 Å². The van der Waals surface area contributed by atoms with E-state index in [0.717, 1.165) is 12.1 Å². The van der Waals surface area contributed by atoms with Crippen LogP contribution in [0, 0.1) is 5.92 Å². The van der Waals surface area contributed by atoms with Gasteiger partial charge in [-0.15, -0.1) is 0 Å². The average Bonchev–Trinajstić information content (AvgIpc) is 2.04. The first-order valence-electron chi connectivity index (χ1n) is 4.26. The van der Waals surface area contributed by atoms with Gasteiger partial charge in [-0.3, -0.25) is 0 Å². The van der Waals surface area contributed by atoms with Crippen molar-refractivity contribution in [2.24, 2.45) is 5.92 Å². The molecule has 0 rings (SSSR count). The van der Waals surface area contributed by atoms with Crippen LogP contribution in [0.4, 0.5) is 0 Å². The quantitative estimate of drug-likeness (QED) is 0.618. The van der Waals surface area contributed by atoms with E-state index in [1.54, 1.807) is 0 Å². The van der Waals surface area contributed by atoms with Crippen LogP contribution < -0.4 is 5.32 Å². The lowest BCUT2D eigenvalue weighted by molar-refractivity contribution is 0.647. The summed E-state index contributed by atoms with van der Waals surface area (Å²) in [5, 5.41) is 3.05. The van der Waals surface area contributed by atoms with Gasteiger partial charge >= 0.3 is 0 Å². The minimum atomic E-state index is 0.544. The summed E-state index contributed by atoms with van der Waals surface area (Å²) in [7, 11) is 1.90. The summed E-state index contributed by atoms with van der Waals surface area (Å²) in [6.07, 6.45) is 4.87. The van der Waals surface area contributed by atoms with Gasteiger partial charge in [0, 0.05) is 12.7 Å². The number of hydrogen-bond donors (Lipinski definition) is 1. The highest BCUT2D eigenvalue weighted by Gasteiger charge is 2.04. The van der Waals surface area contributed by atoms with E-state index in [-0.39, 0.29) is 0 Å². The largest absolute Gasteiger partial charge is 0.392 e. The Morgan fingerprint density at radius 2 is 2.17 bits per heavy atom. The molecule has 0 aliphatic heterocycles. The molecule has 0 aliphatic rings. The van der Waals surface area contributed by atoms with Crippen molar-refractivity contribution in [3.8, 4) is 0 Å². The van der Waals surface area contributed by atoms with Gasteiger partial charge in [-0.05, 0) is 19.3 Å². The molecule has 1 heteroatoms. The molecule has 0 bridgehead atoms. The predicted molar refractivity (Wildman–Crippen MR) is 55.9 cm³/mol. The van der Waals surface area contributed by atoms with E-state index >= 15 is 0 Å². The molecule has 1 N–H and O–H groups in total. The van der Waals surface area contributed by atoms with E-state index in [2.05, 4.69) is 32.3 Å². The number of allylic oxidation sites excluding steroid dienone is 4. The molecule has 0 saturated carbocycles. The molecule has 0 aromatic heterocycles. The zero-order chi connectivity index (χ0) is 9.56. The van der Waals surface area contributed by atoms with Crippen LogP contribution in [-0.2, 0) is 0 Å². The first-order valence-corrected chi connectivity index (χ1v) is 4.26. The van der Waals surface area contributed by atoms with Gasteiger partial charge in [0.2, 0.25) is 0 Å². The van der Waals surface area contributed by atoms with Gasteiger partial charge in [-0.2, -0.15) is 0 Å². The molecule has 0 amide bonds. The van der Waals surface area contributed by atoms with E-state index in [0.29, 0.717) is 5.92 Å². The van der Waals surface area contributed by atoms with Crippen LogP contribution >= 0.6 is 0 Å². The molecule has 0 aromatic carbocycles. The minimum absolute atomic E-state index is 0.544. The molecule has 0 radical (unpaired) electrons. The van der Waals surface area contributed by atoms with Crippen LogP contribution in [0.1, 0.15) is 20.3 Å². The highest BCUT2D eigenvalue weighted by molar-refractivity contribution is 5.12. The highest BCUT2D eigenvalue weighted by Crippen LogP contribution is 2.16. The molecule has 1 nitrogen and oxygen atoms in total. The molecular formula is C11H19N. The Balaban J connectivity index is 4.03. The van der Waals surface area contributed by atoms with Gasteiger partial charge in [0.1, 0.15) is 0 Å². The first kappa shape index (κ1) is 11.0. The Bertz CT molecular complexity index is 189. The fraction of sp³-hybridized carbons (Fsp3) is 0.455. The Kier molecular flexibility index (Phi) is 5.18. The van der Waals surface area contributed by atoms with Crippen molar-refractivity contribution >= 4 is 0 Å². The standard InChI is InChI=1S/C11H19N/c1-6-7-9(2)10(3)8-11(4)12-5/h6-7,10,12H,1,4,8H2,2-3,5H3/b9-7+. The summed E-state index contributed by atoms with van der Waals surface area (Å²) in [5.74, 6) is 0.544. The second-order valence-electron chi connectivity index (χ2n) is 3.11. The minimum Gasteiger partial charge on any atom is -0.392 e. The van der Waals surface area contributed by atoms with Crippen molar-refractivity contribution in [1.29, 1.82) is 0 Å². The van der Waals surface area contributed by atoms with Crippen molar-refractivity contribution < 1.29 is 0 Å². The Hall–Kier alpha value is -0.980. The van der Waals surface area contributed by atoms with Gasteiger partial charge in [0.25, 0.3) is 0 Å². The third-order valence-corrected chi connectivity index (χ3v) is 2.06. The van der Waals surface area contributed by atoms with Crippen molar-refractivity contribution in [2.75, 3.05) is 7.05 Å². The van der Waals surface area contributed by atoms with Gasteiger partial charge in [0.15, 0.2) is 0 Å². The van der Waals surface area contributed by atoms with Crippen molar-refractivity contribution in [3.05, 3.63) is 36.6 Å². The van der Waals surface area contributed by atoms with Gasteiger partial charge in [-0.1, -0.05) is 37.8 Å². The van der Waals surface area contributed by atoms with Gasteiger partial charge in [-0.25, -0.2) is 0 Å². The maximum Gasteiger partial charge on any atom is 0.00369 e. The lowest BCUT2D eigenvalue weighted by Gasteiger charge is -2.13. The number of hydrogen-bond acceptors (Lipinski definition) is 1. The molecule has 0 aliphatic carbocycles. The zero-order valence-electron chi connectivity index (χ0n) is 8.35. The van der Waals surface area contributed by atoms with Crippen LogP contribution in [0.25, 0.3) is 0 Å². The maximum atomic E-state index is 3.89. The lowest BCUT2D eigenvalue weighted by Crippen LogP contribution is -2.08. The summed E-state index contributed by atoms with van der Waals surface area (Å²) in [6, 6.07) is 0. The summed E-state index contributed by atoms with van der Waals surface area (Å²) in [6.45, 7) is 11.9. The SMILES string of the molecule is C=C/C=C(\C)C(C)CC(=C)NC. The summed E-state index contributed by atoms with van der Waals surface area (Å²) in [4.78, 5) is 0. The summed E-state index contributed by atoms with van der Waals surface area (Å²) >= 11 is 0. The second-order valence-corrected chi connectivity index (χ2v) is 3.11. The topological polar surface area (TPSA) is 12.0 Å². The van der Waals surface area contributed by atoms with Gasteiger partial charge < -0.3 is 5.32 Å². The maximum absolute atomic E-state index is 3.89. The van der Waals surface area contributed by atoms with Crippen molar-refractivity contribution in [3.63, 3.8) is 0 Å². The fourth-order valence-electron chi connectivity index (χ4n) is 0.983. The predicted octanol–water partition coefficient (Wildman–Crippen LogP) is 2.88. The van der Waals surface area contributed by atoms with E-state index in [1.165, 1.54) is 5.57 Å². The third kappa shape index (κ3) is 4.02. The molecule has 1 unspecified atom stereocenters. The average molecular weight is 165 g/mol. The Labute approximate surface area is 75.9 Å². The Morgan fingerprint density at radius 3 is 2.58 bits per heavy atom. The first-order chi connectivity index (χ1) is 5.61. The van der Waals surface area contributed by atoms with Crippen molar-refractivity contribution in [1.82, 2.24) is 5.32 Å². The molecular weight excluding hydrogens is 146 g/mol. The van der Waals surface area contributed by atoms with Crippen LogP contribution in [0.15, 0.2) is 36.6 Å². The third-order valence-electron chi connectivity index (χ3n) is 2.06. The summed E-state index contributed by atoms with van der Waals surface area (Å²) < 4.78 is 0. The van der Waals surface area contributed by atoms with Crippen LogP contribution in [0.3, 0.4) is 0 Å². The molecule has 12 heavy (non-hydrogen) atoms. The normalized spacial score (nSPS) is 13.8. The number of rotatable bonds is 5. The molecule has 0 aromatic rings. The van der Waals surface area contributed by atoms with Gasteiger partial charge in [0.05, 0.1) is 0 Å². The molecule has 0 spiro atoms. The van der Waals surface area contributed by atoms with Crippen LogP contribution in [0.5, 0.6) is 0 Å². The fourth-order valence-corrected chi connectivity index (χ4v) is 0.983. The highest BCUT2D eigenvalue weighted by atomic mass is 14.8. The monoisotopic (exact) mass is 165 g/mol. The molecule has 68 valence electrons. The Morgan fingerprint density at radius 1 is 1.58 bits per heavy atom. The molecule has 0 heterocycles. The van der Waals surface area contributed by atoms with E-state index in [1.807, 2.05) is 19.2 Å². The molecule has 1 atom stereocenters. The summed E-state index contributed by atoms with van der Waals surface area (Å²) in [5.41, 5.74) is 2.43. The second kappa shape index (κ2) is 5.64. The van der Waals surface area contributed by atoms with Crippen LogP contribution in [0.2, 0.25) is 0 Å². The molecule has 0 fully saturated rings. The van der Waals surface area contributed by atoms with Crippen LogP contribution in [-0.4, -0.2) is 7.05 Å². The van der Waals surface area contributed by atoms with E-state index in [4.69, 9.17) is 0 Å². The number of nitrogens with one attached hydrogen (secondary N) is 1. The molecule has 0 saturated heterocycles.